The predicted octanol–water partition coefficient (Wildman–Crippen LogP) is 2.69. The van der Waals surface area contributed by atoms with Gasteiger partial charge in [-0.25, -0.2) is 4.79 Å². The zero-order chi connectivity index (χ0) is 16.4. The zero-order valence-electron chi connectivity index (χ0n) is 12.3. The quantitative estimate of drug-likeness (QED) is 0.878. The van der Waals surface area contributed by atoms with Gasteiger partial charge in [-0.05, 0) is 24.6 Å². The maximum atomic E-state index is 12.0. The maximum absolute atomic E-state index is 12.0. The fourth-order valence-electron chi connectivity index (χ4n) is 2.10. The van der Waals surface area contributed by atoms with Gasteiger partial charge in [-0.15, -0.1) is 0 Å². The molecule has 0 aliphatic heterocycles. The monoisotopic (exact) mass is 319 g/mol. The molecule has 1 heterocycles. The molecule has 2 N–H and O–H groups in total. The Kier molecular flexibility index (Phi) is 4.29. The molecular formula is C15H14ClN3O3. The molecule has 0 aliphatic rings. The van der Waals surface area contributed by atoms with Gasteiger partial charge in [-0.3, -0.25) is 0 Å². The molecule has 2 rings (SSSR count). The Morgan fingerprint density at radius 3 is 2.64 bits per heavy atom. The third-order valence-corrected chi connectivity index (χ3v) is 3.67. The summed E-state index contributed by atoms with van der Waals surface area (Å²) in [6.07, 6.45) is 1.45. The summed E-state index contributed by atoms with van der Waals surface area (Å²) in [5, 5.41) is 9.63. The first-order chi connectivity index (χ1) is 10.4. The number of hydrogen-bond acceptors (Lipinski definition) is 5. The van der Waals surface area contributed by atoms with Crippen molar-refractivity contribution in [3.63, 3.8) is 0 Å². The highest BCUT2D eigenvalue weighted by Gasteiger charge is 2.23. The van der Waals surface area contributed by atoms with Gasteiger partial charge < -0.3 is 19.8 Å². The molecule has 0 fully saturated rings. The van der Waals surface area contributed by atoms with E-state index < -0.39 is 5.97 Å². The summed E-state index contributed by atoms with van der Waals surface area (Å²) in [5.74, 6) is -0.163. The lowest BCUT2D eigenvalue weighted by molar-refractivity contribution is 0.0593. The van der Waals surface area contributed by atoms with Crippen molar-refractivity contribution in [2.24, 2.45) is 0 Å². The minimum atomic E-state index is -0.655. The average Bonchev–Trinajstić information content (AvgIpc) is 2.85. The lowest BCUT2D eigenvalue weighted by atomic mass is 10.2. The second kappa shape index (κ2) is 6.00. The maximum Gasteiger partial charge on any atom is 0.357 e. The van der Waals surface area contributed by atoms with E-state index in [1.165, 1.54) is 25.0 Å². The molecular weight excluding hydrogens is 306 g/mol. The van der Waals surface area contributed by atoms with Gasteiger partial charge >= 0.3 is 5.97 Å². The molecule has 114 valence electrons. The fourth-order valence-corrected chi connectivity index (χ4v) is 2.26. The number of nitrogens with two attached hydrogens (primary N) is 1. The number of carbonyl (C=O) groups excluding carboxylic acids is 1. The van der Waals surface area contributed by atoms with Gasteiger partial charge in [0, 0.05) is 11.2 Å². The van der Waals surface area contributed by atoms with E-state index in [-0.39, 0.29) is 16.9 Å². The van der Waals surface area contributed by atoms with Crippen molar-refractivity contribution in [3.8, 4) is 17.5 Å². The lowest BCUT2D eigenvalue weighted by Gasteiger charge is -2.14. The van der Waals surface area contributed by atoms with Crippen LogP contribution < -0.4 is 10.5 Å². The van der Waals surface area contributed by atoms with Gasteiger partial charge in [-0.1, -0.05) is 11.6 Å². The first-order valence-corrected chi connectivity index (χ1v) is 6.66. The van der Waals surface area contributed by atoms with Crippen LogP contribution in [0.3, 0.4) is 0 Å². The average molecular weight is 320 g/mol. The first kappa shape index (κ1) is 15.7. The number of rotatable bonds is 3. The molecule has 0 saturated carbocycles. The van der Waals surface area contributed by atoms with E-state index in [4.69, 9.17) is 32.1 Å². The number of benzene rings is 1. The number of nitrogens with zero attached hydrogens (tertiary/aromatic N) is 2. The van der Waals surface area contributed by atoms with Crippen LogP contribution in [0.5, 0.6) is 5.75 Å². The zero-order valence-corrected chi connectivity index (χ0v) is 13.1. The number of aromatic nitrogens is 1. The Bertz CT molecular complexity index is 790. The minimum absolute atomic E-state index is 0.0492. The Labute approximate surface area is 132 Å². The fraction of sp³-hybridized carbons (Fsp3) is 0.200. The highest BCUT2D eigenvalue weighted by Crippen LogP contribution is 2.33. The summed E-state index contributed by atoms with van der Waals surface area (Å²) in [5.41, 5.74) is 7.45. The molecule has 22 heavy (non-hydrogen) atoms. The van der Waals surface area contributed by atoms with Crippen molar-refractivity contribution in [3.05, 3.63) is 40.2 Å². The summed E-state index contributed by atoms with van der Waals surface area (Å²) in [6.45, 7) is 1.83. The van der Waals surface area contributed by atoms with Crippen LogP contribution in [0.4, 0.5) is 5.69 Å². The third-order valence-electron chi connectivity index (χ3n) is 3.26. The Balaban J connectivity index is 2.81. The summed E-state index contributed by atoms with van der Waals surface area (Å²) in [6, 6.07) is 5.32. The number of anilines is 1. The van der Waals surface area contributed by atoms with Crippen LogP contribution in [-0.2, 0) is 4.74 Å². The Hall–Kier alpha value is -2.65. The molecule has 1 aromatic heterocycles. The number of nitrogen functional groups attached to an aromatic ring is 1. The first-order valence-electron chi connectivity index (χ1n) is 6.28. The highest BCUT2D eigenvalue weighted by atomic mass is 35.5. The lowest BCUT2D eigenvalue weighted by Crippen LogP contribution is -2.11. The number of ether oxygens (including phenoxy) is 2. The number of hydrogen-bond donors (Lipinski definition) is 1. The third kappa shape index (κ3) is 2.47. The molecule has 0 bridgehead atoms. The van der Waals surface area contributed by atoms with Gasteiger partial charge in [-0.2, -0.15) is 5.26 Å². The molecule has 2 aromatic rings. The van der Waals surface area contributed by atoms with E-state index in [9.17, 15) is 4.79 Å². The van der Waals surface area contributed by atoms with Crippen LogP contribution >= 0.6 is 11.6 Å². The van der Waals surface area contributed by atoms with Crippen LogP contribution in [0.1, 0.15) is 21.6 Å². The number of halogens is 1. The normalized spacial score (nSPS) is 10.1. The molecule has 1 aromatic carbocycles. The largest absolute Gasteiger partial charge is 0.495 e. The van der Waals surface area contributed by atoms with Gasteiger partial charge in [0.2, 0.25) is 0 Å². The SMILES string of the molecule is COC(=O)c1c(N)c(C#N)cn1-c1cc(Cl)c(C)cc1OC. The van der Waals surface area contributed by atoms with Crippen LogP contribution in [-0.4, -0.2) is 24.8 Å². The second-order valence-electron chi connectivity index (χ2n) is 4.55. The number of nitriles is 1. The van der Waals surface area contributed by atoms with E-state index in [0.29, 0.717) is 16.5 Å². The molecule has 7 heteroatoms. The van der Waals surface area contributed by atoms with E-state index in [2.05, 4.69) is 0 Å². The topological polar surface area (TPSA) is 90.3 Å². The van der Waals surface area contributed by atoms with Crippen LogP contribution in [0, 0.1) is 18.3 Å². The van der Waals surface area contributed by atoms with Crippen molar-refractivity contribution < 1.29 is 14.3 Å². The molecule has 0 spiro atoms. The molecule has 0 saturated heterocycles. The number of carbonyl (C=O) groups is 1. The number of methoxy groups -OCH3 is 2. The van der Waals surface area contributed by atoms with Gasteiger partial charge in [0.05, 0.1) is 31.2 Å². The number of esters is 1. The molecule has 0 amide bonds. The van der Waals surface area contributed by atoms with Gasteiger partial charge in [0.15, 0.2) is 5.69 Å². The van der Waals surface area contributed by atoms with E-state index in [1.54, 1.807) is 12.1 Å². The Morgan fingerprint density at radius 1 is 1.41 bits per heavy atom. The van der Waals surface area contributed by atoms with Crippen LogP contribution in [0.15, 0.2) is 18.3 Å². The Morgan fingerprint density at radius 2 is 2.09 bits per heavy atom. The summed E-state index contributed by atoms with van der Waals surface area (Å²) >= 11 is 6.16. The molecule has 0 unspecified atom stereocenters. The van der Waals surface area contributed by atoms with Gasteiger partial charge in [0.1, 0.15) is 11.8 Å². The van der Waals surface area contributed by atoms with Crippen LogP contribution in [0.2, 0.25) is 5.02 Å². The molecule has 0 atom stereocenters. The van der Waals surface area contributed by atoms with Crippen molar-refractivity contribution in [1.82, 2.24) is 4.57 Å². The van der Waals surface area contributed by atoms with E-state index in [1.807, 2.05) is 13.0 Å². The summed E-state index contributed by atoms with van der Waals surface area (Å²) in [7, 11) is 2.74. The smallest absolute Gasteiger partial charge is 0.357 e. The van der Waals surface area contributed by atoms with Crippen molar-refractivity contribution >= 4 is 23.3 Å². The number of aryl methyl sites for hydroxylation is 1. The van der Waals surface area contributed by atoms with E-state index >= 15 is 0 Å². The summed E-state index contributed by atoms with van der Waals surface area (Å²) < 4.78 is 11.5. The van der Waals surface area contributed by atoms with Crippen molar-refractivity contribution in [2.75, 3.05) is 20.0 Å². The van der Waals surface area contributed by atoms with E-state index in [0.717, 1.165) is 5.56 Å². The summed E-state index contributed by atoms with van der Waals surface area (Å²) in [4.78, 5) is 12.0. The van der Waals surface area contributed by atoms with Gasteiger partial charge in [0.25, 0.3) is 0 Å². The molecule has 6 nitrogen and oxygen atoms in total. The molecule has 0 aliphatic carbocycles. The van der Waals surface area contributed by atoms with Crippen molar-refractivity contribution in [1.29, 1.82) is 5.26 Å². The highest BCUT2D eigenvalue weighted by molar-refractivity contribution is 6.31. The predicted molar refractivity (Wildman–Crippen MR) is 82.5 cm³/mol. The van der Waals surface area contributed by atoms with Crippen molar-refractivity contribution in [2.45, 2.75) is 6.92 Å². The second-order valence-corrected chi connectivity index (χ2v) is 4.96. The minimum Gasteiger partial charge on any atom is -0.495 e. The molecule has 0 radical (unpaired) electrons. The van der Waals surface area contributed by atoms with Crippen LogP contribution in [0.25, 0.3) is 5.69 Å². The standard InChI is InChI=1S/C15H14ClN3O3/c1-8-4-12(21-2)11(5-10(8)16)19-7-9(6-17)13(18)14(19)15(20)22-3/h4-5,7H,18H2,1-3H3.